The number of benzene rings is 1. The van der Waals surface area contributed by atoms with E-state index in [-0.39, 0.29) is 0 Å². The van der Waals surface area contributed by atoms with Crippen LogP contribution in [0.4, 0.5) is 5.69 Å². The van der Waals surface area contributed by atoms with Crippen molar-refractivity contribution in [3.05, 3.63) is 42.4 Å². The molecular weight excluding hydrogens is 162 g/mol. The predicted octanol–water partition coefficient (Wildman–Crippen LogP) is 2.84. The summed E-state index contributed by atoms with van der Waals surface area (Å²) in [5.74, 6) is 0.901. The van der Waals surface area contributed by atoms with Crippen molar-refractivity contribution in [2.75, 3.05) is 5.73 Å². The molecule has 2 nitrogen and oxygen atoms in total. The molecule has 0 radical (unpaired) electrons. The summed E-state index contributed by atoms with van der Waals surface area (Å²) in [6.07, 6.45) is 1.68. The van der Waals surface area contributed by atoms with Gasteiger partial charge in [-0.3, -0.25) is 0 Å². The molecule has 0 spiro atoms. The van der Waals surface area contributed by atoms with Crippen LogP contribution in [0.15, 0.2) is 41.0 Å². The molecule has 2 aromatic rings. The smallest absolute Gasteiger partial charge is 0.108 e. The fraction of sp³-hybridized carbons (Fsp3) is 0.0909. The lowest BCUT2D eigenvalue weighted by Crippen LogP contribution is -1.88. The Kier molecular flexibility index (Phi) is 1.81. The maximum absolute atomic E-state index is 5.84. The molecule has 0 amide bonds. The fourth-order valence-electron chi connectivity index (χ4n) is 1.41. The van der Waals surface area contributed by atoms with Gasteiger partial charge in [0.1, 0.15) is 5.76 Å². The Labute approximate surface area is 77.0 Å². The van der Waals surface area contributed by atoms with Gasteiger partial charge in [0.15, 0.2) is 0 Å². The Morgan fingerprint density at radius 2 is 1.85 bits per heavy atom. The van der Waals surface area contributed by atoms with Gasteiger partial charge in [-0.1, -0.05) is 18.2 Å². The van der Waals surface area contributed by atoms with Crippen LogP contribution in [0.5, 0.6) is 0 Å². The van der Waals surface area contributed by atoms with Crippen molar-refractivity contribution >= 4 is 5.69 Å². The molecule has 2 rings (SSSR count). The number of rotatable bonds is 1. The number of para-hydroxylation sites is 1. The molecule has 1 aromatic heterocycles. The summed E-state index contributed by atoms with van der Waals surface area (Å²) < 4.78 is 5.22. The molecule has 1 heterocycles. The van der Waals surface area contributed by atoms with E-state index < -0.39 is 0 Å². The standard InChI is InChI=1S/C11H11NO/c1-8-9(6-7-13-8)10-4-2-3-5-11(10)12/h2-7H,12H2,1H3. The van der Waals surface area contributed by atoms with Gasteiger partial charge in [0.25, 0.3) is 0 Å². The predicted molar refractivity (Wildman–Crippen MR) is 53.3 cm³/mol. The minimum absolute atomic E-state index is 0.784. The van der Waals surface area contributed by atoms with Gasteiger partial charge >= 0.3 is 0 Å². The quantitative estimate of drug-likeness (QED) is 0.673. The third kappa shape index (κ3) is 1.31. The zero-order valence-electron chi connectivity index (χ0n) is 7.45. The Morgan fingerprint density at radius 1 is 1.08 bits per heavy atom. The van der Waals surface area contributed by atoms with Crippen LogP contribution in [0.25, 0.3) is 11.1 Å². The molecule has 0 saturated carbocycles. The first-order valence-electron chi connectivity index (χ1n) is 4.18. The number of hydrogen-bond donors (Lipinski definition) is 1. The van der Waals surface area contributed by atoms with E-state index in [9.17, 15) is 0 Å². The molecule has 1 aromatic carbocycles. The van der Waals surface area contributed by atoms with Crippen LogP contribution < -0.4 is 5.73 Å². The summed E-state index contributed by atoms with van der Waals surface area (Å²) in [6, 6.07) is 9.71. The Bertz CT molecular complexity index is 418. The van der Waals surface area contributed by atoms with Crippen LogP contribution in [-0.2, 0) is 0 Å². The molecule has 0 bridgehead atoms. The molecule has 0 fully saturated rings. The first kappa shape index (κ1) is 7.92. The maximum atomic E-state index is 5.84. The first-order chi connectivity index (χ1) is 6.29. The van der Waals surface area contributed by atoms with Gasteiger partial charge in [0.05, 0.1) is 6.26 Å². The second kappa shape index (κ2) is 2.98. The van der Waals surface area contributed by atoms with Crippen molar-refractivity contribution in [2.24, 2.45) is 0 Å². The number of aryl methyl sites for hydroxylation is 1. The second-order valence-corrected chi connectivity index (χ2v) is 2.98. The van der Waals surface area contributed by atoms with Crippen molar-refractivity contribution in [2.45, 2.75) is 6.92 Å². The summed E-state index contributed by atoms with van der Waals surface area (Å²) in [6.45, 7) is 1.93. The molecule has 0 aliphatic carbocycles. The van der Waals surface area contributed by atoms with Crippen LogP contribution in [0, 0.1) is 6.92 Å². The van der Waals surface area contributed by atoms with E-state index in [1.165, 1.54) is 0 Å². The van der Waals surface area contributed by atoms with Crippen molar-refractivity contribution in [3.8, 4) is 11.1 Å². The van der Waals surface area contributed by atoms with Crippen LogP contribution in [-0.4, -0.2) is 0 Å². The average molecular weight is 173 g/mol. The SMILES string of the molecule is Cc1occc1-c1ccccc1N. The summed E-state index contributed by atoms with van der Waals surface area (Å²) in [5, 5.41) is 0. The molecule has 0 aliphatic heterocycles. The number of furan rings is 1. The zero-order chi connectivity index (χ0) is 9.26. The van der Waals surface area contributed by atoms with Gasteiger partial charge in [0.2, 0.25) is 0 Å². The highest BCUT2D eigenvalue weighted by molar-refractivity contribution is 5.77. The van der Waals surface area contributed by atoms with Crippen LogP contribution >= 0.6 is 0 Å². The van der Waals surface area contributed by atoms with Crippen LogP contribution in [0.1, 0.15) is 5.76 Å². The van der Waals surface area contributed by atoms with Crippen molar-refractivity contribution in [1.29, 1.82) is 0 Å². The number of anilines is 1. The minimum atomic E-state index is 0.784. The molecule has 0 saturated heterocycles. The molecule has 0 aliphatic rings. The Hall–Kier alpha value is -1.70. The van der Waals surface area contributed by atoms with E-state index in [2.05, 4.69) is 0 Å². The summed E-state index contributed by atoms with van der Waals surface area (Å²) in [5.41, 5.74) is 8.73. The Balaban J connectivity index is 2.59. The van der Waals surface area contributed by atoms with Crippen molar-refractivity contribution in [1.82, 2.24) is 0 Å². The van der Waals surface area contributed by atoms with Gasteiger partial charge in [-0.15, -0.1) is 0 Å². The number of nitrogen functional groups attached to an aromatic ring is 1. The van der Waals surface area contributed by atoms with E-state index in [0.717, 1.165) is 22.6 Å². The number of nitrogens with two attached hydrogens (primary N) is 1. The fourth-order valence-corrected chi connectivity index (χ4v) is 1.41. The van der Waals surface area contributed by atoms with Gasteiger partial charge < -0.3 is 10.2 Å². The highest BCUT2D eigenvalue weighted by Crippen LogP contribution is 2.28. The monoisotopic (exact) mass is 173 g/mol. The van der Waals surface area contributed by atoms with E-state index in [1.54, 1.807) is 6.26 Å². The number of hydrogen-bond acceptors (Lipinski definition) is 2. The molecule has 0 unspecified atom stereocenters. The normalized spacial score (nSPS) is 10.2. The van der Waals surface area contributed by atoms with Crippen molar-refractivity contribution < 1.29 is 4.42 Å². The lowest BCUT2D eigenvalue weighted by atomic mass is 10.1. The van der Waals surface area contributed by atoms with E-state index in [0.29, 0.717) is 0 Å². The molecule has 2 heteroatoms. The minimum Gasteiger partial charge on any atom is -0.469 e. The van der Waals surface area contributed by atoms with Crippen molar-refractivity contribution in [3.63, 3.8) is 0 Å². The summed E-state index contributed by atoms with van der Waals surface area (Å²) >= 11 is 0. The zero-order valence-corrected chi connectivity index (χ0v) is 7.45. The van der Waals surface area contributed by atoms with Gasteiger partial charge in [0, 0.05) is 16.8 Å². The highest BCUT2D eigenvalue weighted by atomic mass is 16.3. The molecular formula is C11H11NO. The lowest BCUT2D eigenvalue weighted by molar-refractivity contribution is 0.535. The summed E-state index contributed by atoms with van der Waals surface area (Å²) in [4.78, 5) is 0. The van der Waals surface area contributed by atoms with E-state index in [1.807, 2.05) is 37.3 Å². The molecule has 13 heavy (non-hydrogen) atoms. The lowest BCUT2D eigenvalue weighted by Gasteiger charge is -2.02. The van der Waals surface area contributed by atoms with Crippen LogP contribution in [0.2, 0.25) is 0 Å². The Morgan fingerprint density at radius 3 is 2.46 bits per heavy atom. The highest BCUT2D eigenvalue weighted by Gasteiger charge is 2.06. The topological polar surface area (TPSA) is 39.2 Å². The third-order valence-electron chi connectivity index (χ3n) is 2.11. The average Bonchev–Trinajstić information content (AvgIpc) is 2.52. The van der Waals surface area contributed by atoms with E-state index in [4.69, 9.17) is 10.2 Å². The van der Waals surface area contributed by atoms with Crippen LogP contribution in [0.3, 0.4) is 0 Å². The summed E-state index contributed by atoms with van der Waals surface area (Å²) in [7, 11) is 0. The second-order valence-electron chi connectivity index (χ2n) is 2.98. The molecule has 66 valence electrons. The van der Waals surface area contributed by atoms with Gasteiger partial charge in [-0.25, -0.2) is 0 Å². The largest absolute Gasteiger partial charge is 0.469 e. The van der Waals surface area contributed by atoms with Gasteiger partial charge in [-0.2, -0.15) is 0 Å². The first-order valence-corrected chi connectivity index (χ1v) is 4.18. The molecule has 0 atom stereocenters. The third-order valence-corrected chi connectivity index (χ3v) is 2.11. The maximum Gasteiger partial charge on any atom is 0.108 e. The van der Waals surface area contributed by atoms with Gasteiger partial charge in [-0.05, 0) is 19.1 Å². The molecule has 2 N–H and O–H groups in total. The van der Waals surface area contributed by atoms with E-state index >= 15 is 0 Å².